The van der Waals surface area contributed by atoms with Gasteiger partial charge in [0.2, 0.25) is 0 Å². The van der Waals surface area contributed by atoms with E-state index in [9.17, 15) is 0 Å². The summed E-state index contributed by atoms with van der Waals surface area (Å²) in [5, 5.41) is 20.6. The second-order valence-corrected chi connectivity index (χ2v) is 25.3. The molecule has 0 bridgehead atoms. The fourth-order valence-corrected chi connectivity index (χ4v) is 18.2. The van der Waals surface area contributed by atoms with Crippen LogP contribution < -0.4 is 21.9 Å². The second-order valence-electron chi connectivity index (χ2n) is 25.3. The normalized spacial score (nSPS) is 13.4. The molecule has 0 radical (unpaired) electrons. The summed E-state index contributed by atoms with van der Waals surface area (Å²) in [4.78, 5) is 0. The highest BCUT2D eigenvalue weighted by molar-refractivity contribution is 6.91. The van der Waals surface area contributed by atoms with Crippen molar-refractivity contribution in [3.8, 4) is 55.9 Å². The first-order valence-electron chi connectivity index (χ1n) is 31.0. The van der Waals surface area contributed by atoms with Gasteiger partial charge in [0.1, 0.15) is 0 Å². The molecule has 4 aromatic heterocycles. The number of fused-ring (bicyclic) bond motifs is 28. The Morgan fingerprint density at radius 1 is 0.227 bits per heavy atom. The van der Waals surface area contributed by atoms with Crippen LogP contribution in [0.3, 0.4) is 0 Å². The minimum Gasteiger partial charge on any atom is -0.375 e. The molecule has 0 amide bonds. The number of aromatic nitrogens is 4. The maximum atomic E-state index is 2.76. The monoisotopic (exact) mass is 1110 g/mol. The first kappa shape index (κ1) is 45.1. The SMILES string of the molecule is c1ccc(-c2cc3c4c(c2)-n2c5ccc6ccccc6c5c5c6ccccc6cc(c52)B4n2c4cccc(-c5ccc6ccc7c(c6c5)c5c6ccccc6cc6c5n7-c5cccc7c5B6n5c6ccccc6c6cccc-7c65)c4c4cccc-3c42)cc1. The Hall–Kier alpha value is -11.3. The number of hydrogen-bond acceptors (Lipinski definition) is 0. The van der Waals surface area contributed by atoms with Gasteiger partial charge in [-0.3, -0.25) is 0 Å². The summed E-state index contributed by atoms with van der Waals surface area (Å²) in [7, 11) is 0. The zero-order valence-electron chi connectivity index (χ0n) is 47.3. The Bertz CT molecular complexity index is 6570. The van der Waals surface area contributed by atoms with Crippen molar-refractivity contribution in [1.29, 1.82) is 0 Å². The number of benzene rings is 15. The van der Waals surface area contributed by atoms with Gasteiger partial charge in [0.15, 0.2) is 0 Å². The quantitative estimate of drug-likeness (QED) is 0.154. The molecule has 0 saturated carbocycles. The lowest BCUT2D eigenvalue weighted by molar-refractivity contribution is 1.18. The third kappa shape index (κ3) is 5.18. The summed E-state index contributed by atoms with van der Waals surface area (Å²) in [6, 6.07) is 102. The van der Waals surface area contributed by atoms with Crippen molar-refractivity contribution in [3.63, 3.8) is 0 Å². The molecule has 8 heterocycles. The molecular weight excluding hydrogens is 1060 g/mol. The van der Waals surface area contributed by atoms with Crippen LogP contribution in [0.1, 0.15) is 0 Å². The van der Waals surface area contributed by atoms with E-state index in [1.165, 1.54) is 208 Å². The van der Waals surface area contributed by atoms with Gasteiger partial charge in [-0.15, -0.1) is 0 Å². The predicted molar refractivity (Wildman–Crippen MR) is 374 cm³/mol. The van der Waals surface area contributed by atoms with Crippen LogP contribution in [0, 0.1) is 0 Å². The van der Waals surface area contributed by atoms with Crippen molar-refractivity contribution in [1.82, 2.24) is 18.1 Å². The number of rotatable bonds is 2. The van der Waals surface area contributed by atoms with Gasteiger partial charge < -0.3 is 18.1 Å². The Labute approximate surface area is 503 Å². The first-order valence-corrected chi connectivity index (χ1v) is 31.0. The fraction of sp³-hybridized carbons (Fsp3) is 0. The third-order valence-corrected chi connectivity index (χ3v) is 21.4. The van der Waals surface area contributed by atoms with Crippen LogP contribution in [0.25, 0.3) is 186 Å². The molecule has 23 rings (SSSR count). The van der Waals surface area contributed by atoms with Crippen LogP contribution in [0.15, 0.2) is 267 Å². The van der Waals surface area contributed by atoms with Gasteiger partial charge in [-0.1, -0.05) is 218 Å². The van der Waals surface area contributed by atoms with Crippen molar-refractivity contribution < 1.29 is 0 Å². The summed E-state index contributed by atoms with van der Waals surface area (Å²) in [6.07, 6.45) is 0. The van der Waals surface area contributed by atoms with E-state index in [2.05, 4.69) is 285 Å². The molecule has 0 saturated heterocycles. The molecule has 0 spiro atoms. The topological polar surface area (TPSA) is 19.7 Å². The van der Waals surface area contributed by atoms with Crippen LogP contribution in [0.5, 0.6) is 0 Å². The zero-order valence-corrected chi connectivity index (χ0v) is 47.3. The largest absolute Gasteiger partial charge is 0.375 e. The molecule has 19 aromatic rings. The van der Waals surface area contributed by atoms with E-state index in [4.69, 9.17) is 0 Å². The lowest BCUT2D eigenvalue weighted by atomic mass is 9.45. The summed E-state index contributed by atoms with van der Waals surface area (Å²) in [5.74, 6) is 0. The maximum absolute atomic E-state index is 2.76. The van der Waals surface area contributed by atoms with Gasteiger partial charge in [0.25, 0.3) is 0 Å². The summed E-state index contributed by atoms with van der Waals surface area (Å²) < 4.78 is 10.7. The van der Waals surface area contributed by atoms with Crippen molar-refractivity contribution in [3.05, 3.63) is 267 Å². The van der Waals surface area contributed by atoms with Crippen molar-refractivity contribution in [2.75, 3.05) is 0 Å². The van der Waals surface area contributed by atoms with E-state index < -0.39 is 0 Å². The van der Waals surface area contributed by atoms with Crippen LogP contribution in [-0.4, -0.2) is 31.8 Å². The van der Waals surface area contributed by atoms with Crippen molar-refractivity contribution in [2.45, 2.75) is 0 Å². The molecule has 0 aliphatic carbocycles. The molecule has 0 unspecified atom stereocenters. The van der Waals surface area contributed by atoms with Crippen LogP contribution in [0.4, 0.5) is 0 Å². The van der Waals surface area contributed by atoms with Gasteiger partial charge in [0.05, 0.1) is 22.1 Å². The number of hydrogen-bond donors (Lipinski definition) is 0. The molecule has 0 N–H and O–H groups in total. The van der Waals surface area contributed by atoms with Gasteiger partial charge in [-0.05, 0) is 147 Å². The molecule has 398 valence electrons. The molecule has 4 aliphatic heterocycles. The maximum Gasteiger partial charge on any atom is 0.333 e. The average molecular weight is 1110 g/mol. The van der Waals surface area contributed by atoms with Gasteiger partial charge in [-0.25, -0.2) is 0 Å². The lowest BCUT2D eigenvalue weighted by Gasteiger charge is -2.34. The van der Waals surface area contributed by atoms with Crippen LogP contribution in [-0.2, 0) is 0 Å². The Balaban J connectivity index is 0.823. The van der Waals surface area contributed by atoms with Crippen molar-refractivity contribution in [2.24, 2.45) is 0 Å². The standard InChI is InChI=1S/C82H44B2N4/c1-2-16-45(17-3-1)51-41-63-60-29-13-30-61-72-53(25-14-32-69(72)88(80(60)61)84-65-43-48-19-5-8-22-54(48)75-73-52-21-7-4-18-46(52)36-38-67(73)86(82(65)75)71(44-51)78(63)84)50-35-34-47-37-39-68-74(62(47)40-50)76-55-23-9-6-20-49(55)42-64-81(76)85(68)70-33-15-26-57-59-28-12-27-58-56-24-10-11-31-66(56)87(79(58)59)83(64)77(57)70/h1-44H. The minimum atomic E-state index is -0.105. The van der Waals surface area contributed by atoms with E-state index in [1.807, 2.05) is 0 Å². The summed E-state index contributed by atoms with van der Waals surface area (Å²) in [5.41, 5.74) is 28.3. The highest BCUT2D eigenvalue weighted by Gasteiger charge is 2.44. The highest BCUT2D eigenvalue weighted by atomic mass is 15.0. The smallest absolute Gasteiger partial charge is 0.333 e. The highest BCUT2D eigenvalue weighted by Crippen LogP contribution is 2.51. The van der Waals surface area contributed by atoms with Crippen LogP contribution >= 0.6 is 0 Å². The molecule has 0 fully saturated rings. The van der Waals surface area contributed by atoms with Crippen LogP contribution in [0.2, 0.25) is 0 Å². The average Bonchev–Trinajstić information content (AvgIpc) is 1.48. The Kier molecular flexibility index (Phi) is 7.97. The summed E-state index contributed by atoms with van der Waals surface area (Å²) in [6.45, 7) is -0.118. The number of para-hydroxylation sites is 3. The van der Waals surface area contributed by atoms with Gasteiger partial charge >= 0.3 is 13.7 Å². The molecule has 6 heteroatoms. The zero-order chi connectivity index (χ0) is 56.5. The fourth-order valence-electron chi connectivity index (χ4n) is 18.2. The van der Waals surface area contributed by atoms with E-state index in [0.717, 1.165) is 0 Å². The Morgan fingerprint density at radius 2 is 0.739 bits per heavy atom. The lowest BCUT2D eigenvalue weighted by Crippen LogP contribution is -2.55. The number of nitrogens with zero attached hydrogens (tertiary/aromatic N) is 4. The Morgan fingerprint density at radius 3 is 1.49 bits per heavy atom. The van der Waals surface area contributed by atoms with Gasteiger partial charge in [0, 0.05) is 87.7 Å². The molecule has 15 aromatic carbocycles. The van der Waals surface area contributed by atoms with Gasteiger partial charge in [-0.2, -0.15) is 0 Å². The molecule has 0 atom stereocenters. The molecule has 4 aliphatic rings. The van der Waals surface area contributed by atoms with E-state index in [1.54, 1.807) is 0 Å². The summed E-state index contributed by atoms with van der Waals surface area (Å²) >= 11 is 0. The molecule has 4 nitrogen and oxygen atoms in total. The molecule has 88 heavy (non-hydrogen) atoms. The molecular formula is C82H44B2N4. The van der Waals surface area contributed by atoms with E-state index in [0.29, 0.717) is 0 Å². The second kappa shape index (κ2) is 15.6. The first-order chi connectivity index (χ1) is 43.7. The van der Waals surface area contributed by atoms with Crippen molar-refractivity contribution >= 4 is 166 Å². The van der Waals surface area contributed by atoms with E-state index in [-0.39, 0.29) is 13.7 Å². The van der Waals surface area contributed by atoms with E-state index >= 15 is 0 Å². The predicted octanol–water partition coefficient (Wildman–Crippen LogP) is 17.9. The minimum absolute atomic E-state index is 0.0121. The third-order valence-electron chi connectivity index (χ3n) is 21.4.